The minimum Gasteiger partial charge on any atom is -0.497 e. The summed E-state index contributed by atoms with van der Waals surface area (Å²) in [5, 5.41) is 6.82. The Morgan fingerprint density at radius 3 is 2.69 bits per heavy atom. The number of furan rings is 1. The molecule has 1 saturated heterocycles. The first-order valence-electron chi connectivity index (χ1n) is 10.5. The number of nitrogens with one attached hydrogen (secondary N) is 2. The Balaban J connectivity index is 1.55. The van der Waals surface area contributed by atoms with E-state index in [2.05, 4.69) is 15.6 Å². The number of benzene rings is 1. The van der Waals surface area contributed by atoms with Gasteiger partial charge in [-0.2, -0.15) is 0 Å². The molecule has 0 spiro atoms. The maximum Gasteiger partial charge on any atom is 0.287 e. The van der Waals surface area contributed by atoms with E-state index >= 15 is 0 Å². The van der Waals surface area contributed by atoms with Gasteiger partial charge in [-0.1, -0.05) is 11.6 Å². The molecule has 2 atom stereocenters. The predicted molar refractivity (Wildman–Crippen MR) is 123 cm³/mol. The Kier molecular flexibility index (Phi) is 6.72. The van der Waals surface area contributed by atoms with Crippen molar-refractivity contribution < 1.29 is 18.7 Å². The van der Waals surface area contributed by atoms with Gasteiger partial charge in [0.25, 0.3) is 5.91 Å². The summed E-state index contributed by atoms with van der Waals surface area (Å²) in [5.74, 6) is 2.35. The van der Waals surface area contributed by atoms with Crippen LogP contribution in [-0.2, 0) is 0 Å². The van der Waals surface area contributed by atoms with Crippen molar-refractivity contribution in [1.82, 2.24) is 15.5 Å². The lowest BCUT2D eigenvalue weighted by atomic mass is 9.85. The molecule has 1 aromatic heterocycles. The van der Waals surface area contributed by atoms with Gasteiger partial charge in [0.2, 0.25) is 0 Å². The van der Waals surface area contributed by atoms with Crippen molar-refractivity contribution in [2.45, 2.75) is 18.4 Å². The molecule has 1 amide bonds. The first-order valence-corrected chi connectivity index (χ1v) is 10.9. The number of carbonyl (C=O) groups is 1. The summed E-state index contributed by atoms with van der Waals surface area (Å²) in [5.41, 5.74) is 1.05. The summed E-state index contributed by atoms with van der Waals surface area (Å²) in [7, 11) is 5.15. The molecule has 32 heavy (non-hydrogen) atoms. The Bertz CT molecular complexity index is 1030. The van der Waals surface area contributed by atoms with Crippen LogP contribution in [0.5, 0.6) is 11.5 Å². The fraction of sp³-hybridized carbons (Fsp3) is 0.391. The number of hydrogen-bond donors (Lipinski definition) is 2. The first-order chi connectivity index (χ1) is 15.5. The zero-order valence-corrected chi connectivity index (χ0v) is 19.1. The summed E-state index contributed by atoms with van der Waals surface area (Å²) in [6.07, 6.45) is 4.49. The Hall–Kier alpha value is -2.97. The number of amides is 1. The molecule has 0 radical (unpaired) electrons. The largest absolute Gasteiger partial charge is 0.497 e. The van der Waals surface area contributed by atoms with Crippen LogP contribution in [0.4, 0.5) is 0 Å². The van der Waals surface area contributed by atoms with E-state index in [0.717, 1.165) is 30.0 Å². The van der Waals surface area contributed by atoms with Crippen LogP contribution in [0.2, 0.25) is 5.02 Å². The number of carbonyl (C=O) groups excluding carboxylic acids is 1. The Morgan fingerprint density at radius 1 is 1.25 bits per heavy atom. The number of amidine groups is 1. The molecule has 1 aromatic carbocycles. The second kappa shape index (κ2) is 9.67. The number of ether oxygens (including phenoxy) is 2. The highest BCUT2D eigenvalue weighted by molar-refractivity contribution is 6.34. The van der Waals surface area contributed by atoms with Crippen molar-refractivity contribution in [3.63, 3.8) is 0 Å². The molecule has 170 valence electrons. The predicted octanol–water partition coefficient (Wildman–Crippen LogP) is 3.03. The highest BCUT2D eigenvalue weighted by atomic mass is 35.5. The maximum absolute atomic E-state index is 13.1. The van der Waals surface area contributed by atoms with Gasteiger partial charge in [-0.05, 0) is 36.7 Å². The topological polar surface area (TPSA) is 88.3 Å². The van der Waals surface area contributed by atoms with E-state index < -0.39 is 0 Å². The number of rotatable bonds is 6. The Morgan fingerprint density at radius 2 is 2.00 bits per heavy atom. The lowest BCUT2D eigenvalue weighted by molar-refractivity contribution is 0.0895. The van der Waals surface area contributed by atoms with Crippen LogP contribution >= 0.6 is 11.6 Å². The van der Waals surface area contributed by atoms with Crippen molar-refractivity contribution in [2.75, 3.05) is 40.9 Å². The van der Waals surface area contributed by atoms with E-state index in [1.54, 1.807) is 26.5 Å². The molecule has 9 heteroatoms. The van der Waals surface area contributed by atoms with Crippen molar-refractivity contribution in [3.05, 3.63) is 58.6 Å². The molecule has 1 fully saturated rings. The smallest absolute Gasteiger partial charge is 0.287 e. The van der Waals surface area contributed by atoms with Crippen LogP contribution in [0, 0.1) is 0 Å². The van der Waals surface area contributed by atoms with Gasteiger partial charge in [0, 0.05) is 50.4 Å². The van der Waals surface area contributed by atoms with E-state index in [-0.39, 0.29) is 23.6 Å². The summed E-state index contributed by atoms with van der Waals surface area (Å²) >= 11 is 6.38. The molecule has 3 heterocycles. The second-order valence-electron chi connectivity index (χ2n) is 7.83. The average molecular weight is 459 g/mol. The molecule has 0 saturated carbocycles. The molecule has 0 aliphatic carbocycles. The summed E-state index contributed by atoms with van der Waals surface area (Å²) in [4.78, 5) is 19.3. The summed E-state index contributed by atoms with van der Waals surface area (Å²) in [6.45, 7) is 2.18. The van der Waals surface area contributed by atoms with Crippen LogP contribution in [0.1, 0.15) is 34.2 Å². The number of nitrogens with zero attached hydrogens (tertiary/aromatic N) is 2. The van der Waals surface area contributed by atoms with Crippen molar-refractivity contribution >= 4 is 23.3 Å². The van der Waals surface area contributed by atoms with E-state index in [4.69, 9.17) is 25.5 Å². The van der Waals surface area contributed by atoms with Gasteiger partial charge in [-0.3, -0.25) is 4.79 Å². The standard InChI is InChI=1S/C23H27ClN4O4/c1-28-8-4-6-26-22(28)21-18(24)12-20(32-21)23(29)27-19-13-25-7-5-17(19)14-9-15(30-2)11-16(10-14)31-3/h4,6,9-12,17,19,25H,5,7-8,13H2,1-3H3,(H,27,29)/t17-,19+/m1/s1. The number of piperidine rings is 1. The van der Waals surface area contributed by atoms with Crippen molar-refractivity contribution in [3.8, 4) is 11.5 Å². The molecular weight excluding hydrogens is 432 g/mol. The molecule has 0 bridgehead atoms. The average Bonchev–Trinajstić information content (AvgIpc) is 3.20. The van der Waals surface area contributed by atoms with Crippen LogP contribution < -0.4 is 20.1 Å². The normalized spacial score (nSPS) is 20.6. The van der Waals surface area contributed by atoms with E-state index in [1.165, 1.54) is 0 Å². The van der Waals surface area contributed by atoms with Gasteiger partial charge < -0.3 is 29.4 Å². The molecular formula is C23H27ClN4O4. The highest BCUT2D eigenvalue weighted by Gasteiger charge is 2.30. The molecule has 2 N–H and O–H groups in total. The number of halogens is 1. The third kappa shape index (κ3) is 4.61. The van der Waals surface area contributed by atoms with Gasteiger partial charge >= 0.3 is 0 Å². The van der Waals surface area contributed by atoms with Gasteiger partial charge in [0.15, 0.2) is 17.4 Å². The molecule has 8 nitrogen and oxygen atoms in total. The molecule has 4 rings (SSSR count). The van der Waals surface area contributed by atoms with Gasteiger partial charge in [-0.15, -0.1) is 0 Å². The highest BCUT2D eigenvalue weighted by Crippen LogP contribution is 2.32. The van der Waals surface area contributed by atoms with Gasteiger partial charge in [0.1, 0.15) is 11.5 Å². The molecule has 2 aromatic rings. The number of likely N-dealkylation sites (N-methyl/N-ethyl adjacent to an activating group) is 1. The van der Waals surface area contributed by atoms with Crippen LogP contribution in [0.3, 0.4) is 0 Å². The fourth-order valence-electron chi connectivity index (χ4n) is 4.07. The molecule has 2 aliphatic rings. The number of aliphatic imine (C=N–C) groups is 1. The molecule has 0 unspecified atom stereocenters. The quantitative estimate of drug-likeness (QED) is 0.691. The van der Waals surface area contributed by atoms with Crippen molar-refractivity contribution in [1.29, 1.82) is 0 Å². The first kappa shape index (κ1) is 22.2. The zero-order chi connectivity index (χ0) is 22.7. The summed E-state index contributed by atoms with van der Waals surface area (Å²) in [6, 6.07) is 7.22. The fourth-order valence-corrected chi connectivity index (χ4v) is 4.29. The maximum atomic E-state index is 13.1. The number of hydrogen-bond acceptors (Lipinski definition) is 7. The summed E-state index contributed by atoms with van der Waals surface area (Å²) < 4.78 is 16.7. The lowest BCUT2D eigenvalue weighted by Gasteiger charge is -2.33. The van der Waals surface area contributed by atoms with Crippen LogP contribution in [0.25, 0.3) is 0 Å². The number of methoxy groups -OCH3 is 2. The lowest BCUT2D eigenvalue weighted by Crippen LogP contribution is -2.50. The monoisotopic (exact) mass is 458 g/mol. The third-order valence-corrected chi connectivity index (χ3v) is 6.04. The van der Waals surface area contributed by atoms with Crippen LogP contribution in [0.15, 0.2) is 46.0 Å². The Labute approximate surface area is 192 Å². The zero-order valence-electron chi connectivity index (χ0n) is 18.4. The van der Waals surface area contributed by atoms with E-state index in [0.29, 0.717) is 29.7 Å². The minimum absolute atomic E-state index is 0.0908. The van der Waals surface area contributed by atoms with Crippen LogP contribution in [-0.4, -0.2) is 63.6 Å². The second-order valence-corrected chi connectivity index (χ2v) is 8.24. The van der Waals surface area contributed by atoms with E-state index in [9.17, 15) is 4.79 Å². The SMILES string of the molecule is COc1cc(OC)cc([C@H]2CCNC[C@@H]2NC(=O)c2cc(Cl)c(C3=NC=CCN3C)o2)c1. The van der Waals surface area contributed by atoms with Gasteiger partial charge in [-0.25, -0.2) is 4.99 Å². The molecule has 2 aliphatic heterocycles. The van der Waals surface area contributed by atoms with Crippen molar-refractivity contribution in [2.24, 2.45) is 4.99 Å². The van der Waals surface area contributed by atoms with E-state index in [1.807, 2.05) is 36.2 Å². The minimum atomic E-state index is -0.318. The van der Waals surface area contributed by atoms with Gasteiger partial charge in [0.05, 0.1) is 19.2 Å². The third-order valence-electron chi connectivity index (χ3n) is 5.76.